The molecule has 1 aromatic heterocycles. The number of nitrogens with zero attached hydrogens (tertiary/aromatic N) is 4. The van der Waals surface area contributed by atoms with Crippen LogP contribution in [0.5, 0.6) is 0 Å². The fraction of sp³-hybridized carbons (Fsp3) is 0.714. The third kappa shape index (κ3) is 7.43. The molecule has 0 aromatic carbocycles. The van der Waals surface area contributed by atoms with E-state index < -0.39 is 6.10 Å². The van der Waals surface area contributed by atoms with Crippen molar-refractivity contribution >= 4 is 5.91 Å². The fourth-order valence-corrected chi connectivity index (χ4v) is 3.37. The van der Waals surface area contributed by atoms with Crippen molar-refractivity contribution in [3.63, 3.8) is 0 Å². The van der Waals surface area contributed by atoms with Crippen LogP contribution in [-0.4, -0.2) is 55.2 Å². The van der Waals surface area contributed by atoms with Crippen LogP contribution in [0.3, 0.4) is 0 Å². The molecule has 1 aromatic rings. The van der Waals surface area contributed by atoms with Crippen molar-refractivity contribution in [2.75, 3.05) is 6.54 Å². The molecule has 0 spiro atoms. The zero-order valence-electron chi connectivity index (χ0n) is 17.1. The summed E-state index contributed by atoms with van der Waals surface area (Å²) in [6.07, 6.45) is 11.4. The monoisotopic (exact) mass is 387 g/mol. The van der Waals surface area contributed by atoms with E-state index in [1.807, 2.05) is 30.9 Å². The Morgan fingerprint density at radius 1 is 1.32 bits per heavy atom. The minimum atomic E-state index is -0.519. The van der Waals surface area contributed by atoms with Crippen LogP contribution in [0, 0.1) is 17.8 Å². The average Bonchev–Trinajstić information content (AvgIpc) is 3.33. The quantitative estimate of drug-likeness (QED) is 0.346. The average molecular weight is 388 g/mol. The van der Waals surface area contributed by atoms with Gasteiger partial charge in [0.1, 0.15) is 5.82 Å². The Kier molecular flexibility index (Phi) is 9.70. The molecule has 1 aliphatic rings. The van der Waals surface area contributed by atoms with Crippen molar-refractivity contribution in [1.29, 1.82) is 0 Å². The molecule has 7 nitrogen and oxygen atoms in total. The number of unbranched alkanes of at least 4 members (excludes halogenated alkanes) is 3. The maximum absolute atomic E-state index is 12.2. The summed E-state index contributed by atoms with van der Waals surface area (Å²) in [5.41, 5.74) is 0. The highest BCUT2D eigenvalue weighted by Crippen LogP contribution is 2.21. The minimum Gasteiger partial charge on any atom is -0.389 e. The number of hydrogen-bond donors (Lipinski definition) is 2. The maximum atomic E-state index is 12.2. The van der Waals surface area contributed by atoms with Crippen LogP contribution < -0.4 is 0 Å². The first-order valence-corrected chi connectivity index (χ1v) is 10.5. The lowest BCUT2D eigenvalue weighted by molar-refractivity contribution is -0.128. The van der Waals surface area contributed by atoms with Gasteiger partial charge >= 0.3 is 0 Å². The number of aliphatic hydroxyl groups excluding tert-OH is 1. The van der Waals surface area contributed by atoms with Crippen LogP contribution in [0.25, 0.3) is 0 Å². The predicted octanol–water partition coefficient (Wildman–Crippen LogP) is 2.65. The number of H-pyrrole nitrogens is 1. The number of aromatic nitrogens is 4. The molecular weight excluding hydrogens is 354 g/mol. The summed E-state index contributed by atoms with van der Waals surface area (Å²) in [5.74, 6) is 7.28. The number of aryl methyl sites for hydroxylation is 1. The summed E-state index contributed by atoms with van der Waals surface area (Å²) >= 11 is 0. The number of tetrazole rings is 1. The number of aliphatic hydroxyl groups is 1. The van der Waals surface area contributed by atoms with Crippen molar-refractivity contribution in [2.45, 2.75) is 83.8 Å². The second kappa shape index (κ2) is 12.3. The summed E-state index contributed by atoms with van der Waals surface area (Å²) < 4.78 is 0. The lowest BCUT2D eigenvalue weighted by Crippen LogP contribution is -2.33. The van der Waals surface area contributed by atoms with Gasteiger partial charge in [0, 0.05) is 32.2 Å². The summed E-state index contributed by atoms with van der Waals surface area (Å²) in [7, 11) is 0. The van der Waals surface area contributed by atoms with Crippen molar-refractivity contribution < 1.29 is 9.90 Å². The fourth-order valence-electron chi connectivity index (χ4n) is 3.37. The molecule has 2 heterocycles. The third-order valence-corrected chi connectivity index (χ3v) is 5.17. The number of carbonyl (C=O) groups is 1. The molecule has 28 heavy (non-hydrogen) atoms. The SMILES string of the molecule is CCC#CC[C@H](C)[C@@H](O)C=C[C@H]1CCC(=O)N1CCCCCCc1nnn[nH]1. The molecule has 0 bridgehead atoms. The van der Waals surface area contributed by atoms with Gasteiger partial charge in [0.05, 0.1) is 12.1 Å². The Morgan fingerprint density at radius 2 is 2.14 bits per heavy atom. The third-order valence-electron chi connectivity index (χ3n) is 5.17. The van der Waals surface area contributed by atoms with Crippen LogP contribution >= 0.6 is 0 Å². The number of hydrogen-bond acceptors (Lipinski definition) is 5. The summed E-state index contributed by atoms with van der Waals surface area (Å²) in [6.45, 7) is 4.81. The summed E-state index contributed by atoms with van der Waals surface area (Å²) in [6, 6.07) is 0.108. The van der Waals surface area contributed by atoms with Crippen molar-refractivity contribution in [3.8, 4) is 11.8 Å². The molecule has 2 rings (SSSR count). The molecule has 1 amide bonds. The van der Waals surface area contributed by atoms with Gasteiger partial charge in [-0.1, -0.05) is 38.8 Å². The number of likely N-dealkylation sites (tertiary alicyclic amines) is 1. The topological polar surface area (TPSA) is 95.0 Å². The van der Waals surface area contributed by atoms with Gasteiger partial charge in [0.15, 0.2) is 0 Å². The van der Waals surface area contributed by atoms with E-state index in [2.05, 4.69) is 32.5 Å². The molecular formula is C21H33N5O2. The van der Waals surface area contributed by atoms with Crippen molar-refractivity contribution in [3.05, 3.63) is 18.0 Å². The van der Waals surface area contributed by atoms with E-state index in [4.69, 9.17) is 0 Å². The second-order valence-corrected chi connectivity index (χ2v) is 7.47. The van der Waals surface area contributed by atoms with Crippen LogP contribution in [0.1, 0.15) is 71.0 Å². The zero-order chi connectivity index (χ0) is 20.2. The Bertz CT molecular complexity index is 662. The van der Waals surface area contributed by atoms with Gasteiger partial charge in [0.2, 0.25) is 5.91 Å². The van der Waals surface area contributed by atoms with Gasteiger partial charge in [-0.2, -0.15) is 0 Å². The molecule has 0 saturated carbocycles. The highest BCUT2D eigenvalue weighted by atomic mass is 16.3. The molecule has 0 unspecified atom stereocenters. The summed E-state index contributed by atoms with van der Waals surface area (Å²) in [4.78, 5) is 14.2. The molecule has 1 saturated heterocycles. The number of amides is 1. The molecule has 154 valence electrons. The normalized spacial score (nSPS) is 19.0. The van der Waals surface area contributed by atoms with E-state index in [0.717, 1.165) is 57.3 Å². The van der Waals surface area contributed by atoms with E-state index in [0.29, 0.717) is 12.8 Å². The standard InChI is InChI=1S/C21H33N5O2/c1-3-4-7-10-17(2)19(27)14-12-18-13-15-21(28)26(18)16-9-6-5-8-11-20-22-24-25-23-20/h12,14,17-19,27H,3,5-6,8-11,13,15-16H2,1-2H3,(H,22,23,24,25)/t17-,18-,19-/m0/s1. The van der Waals surface area contributed by atoms with Gasteiger partial charge < -0.3 is 10.0 Å². The van der Waals surface area contributed by atoms with E-state index in [1.165, 1.54) is 0 Å². The van der Waals surface area contributed by atoms with Crippen LogP contribution in [-0.2, 0) is 11.2 Å². The maximum Gasteiger partial charge on any atom is 0.223 e. The highest BCUT2D eigenvalue weighted by molar-refractivity contribution is 5.79. The number of carbonyl (C=O) groups excluding carboxylic acids is 1. The van der Waals surface area contributed by atoms with Crippen LogP contribution in [0.15, 0.2) is 12.2 Å². The van der Waals surface area contributed by atoms with Gasteiger partial charge in [-0.15, -0.1) is 16.9 Å². The second-order valence-electron chi connectivity index (χ2n) is 7.47. The Labute approximate surface area is 168 Å². The predicted molar refractivity (Wildman–Crippen MR) is 108 cm³/mol. The minimum absolute atomic E-state index is 0.0976. The number of nitrogens with one attached hydrogen (secondary N) is 1. The van der Waals surface area contributed by atoms with E-state index >= 15 is 0 Å². The highest BCUT2D eigenvalue weighted by Gasteiger charge is 2.28. The largest absolute Gasteiger partial charge is 0.389 e. The molecule has 7 heteroatoms. The van der Waals surface area contributed by atoms with Crippen molar-refractivity contribution in [1.82, 2.24) is 25.5 Å². The Hall–Kier alpha value is -2.20. The van der Waals surface area contributed by atoms with Crippen molar-refractivity contribution in [2.24, 2.45) is 5.92 Å². The molecule has 3 atom stereocenters. The molecule has 2 N–H and O–H groups in total. The zero-order valence-corrected chi connectivity index (χ0v) is 17.1. The van der Waals surface area contributed by atoms with E-state index in [1.54, 1.807) is 0 Å². The number of rotatable bonds is 11. The van der Waals surface area contributed by atoms with Crippen LogP contribution in [0.4, 0.5) is 0 Å². The molecule has 0 aliphatic carbocycles. The first kappa shape index (κ1) is 22.1. The van der Waals surface area contributed by atoms with Crippen LogP contribution in [0.2, 0.25) is 0 Å². The first-order chi connectivity index (χ1) is 13.6. The van der Waals surface area contributed by atoms with Gasteiger partial charge in [-0.25, -0.2) is 5.10 Å². The lowest BCUT2D eigenvalue weighted by atomic mass is 10.00. The number of aromatic amines is 1. The lowest BCUT2D eigenvalue weighted by Gasteiger charge is -2.23. The molecule has 0 radical (unpaired) electrons. The van der Waals surface area contributed by atoms with Gasteiger partial charge in [0.25, 0.3) is 0 Å². The van der Waals surface area contributed by atoms with Gasteiger partial charge in [-0.05, 0) is 35.6 Å². The van der Waals surface area contributed by atoms with Gasteiger partial charge in [-0.3, -0.25) is 4.79 Å². The first-order valence-electron chi connectivity index (χ1n) is 10.5. The summed E-state index contributed by atoms with van der Waals surface area (Å²) in [5, 5.41) is 24.1. The van der Waals surface area contributed by atoms with E-state index in [-0.39, 0.29) is 17.9 Å². The molecule has 1 fully saturated rings. The van der Waals surface area contributed by atoms with E-state index in [9.17, 15) is 9.90 Å². The Balaban J connectivity index is 1.69. The Morgan fingerprint density at radius 3 is 2.89 bits per heavy atom. The molecule has 1 aliphatic heterocycles. The smallest absolute Gasteiger partial charge is 0.223 e.